The number of rotatable bonds is 2. The third kappa shape index (κ3) is 2.86. The van der Waals surface area contributed by atoms with Crippen molar-refractivity contribution in [1.82, 2.24) is 4.90 Å². The molecule has 0 aliphatic carbocycles. The van der Waals surface area contributed by atoms with Crippen molar-refractivity contribution in [2.45, 2.75) is 12.6 Å². The number of hydrogen-bond donors (Lipinski definition) is 0. The van der Waals surface area contributed by atoms with Gasteiger partial charge in [-0.05, 0) is 11.6 Å². The van der Waals surface area contributed by atoms with Gasteiger partial charge in [-0.1, -0.05) is 18.2 Å². The normalized spacial score (nSPS) is 15.5. The van der Waals surface area contributed by atoms with Gasteiger partial charge in [-0.2, -0.15) is 13.2 Å². The number of imide groups is 1. The lowest BCUT2D eigenvalue weighted by Crippen LogP contribution is -2.33. The van der Waals surface area contributed by atoms with E-state index < -0.39 is 30.2 Å². The molecule has 2 amide bonds. The van der Waals surface area contributed by atoms with E-state index >= 15 is 0 Å². The minimum atomic E-state index is -4.53. The topological polar surface area (TPSA) is 46.6 Å². The average Bonchev–Trinajstić information content (AvgIpc) is 2.75. The van der Waals surface area contributed by atoms with Crippen molar-refractivity contribution in [3.05, 3.63) is 35.4 Å². The molecule has 0 spiro atoms. The highest BCUT2D eigenvalue weighted by Crippen LogP contribution is 2.32. The number of carbonyl (C=O) groups is 2. The molecule has 1 aromatic carbocycles. The van der Waals surface area contributed by atoms with E-state index in [0.29, 0.717) is 0 Å². The molecule has 0 atom stereocenters. The number of carbonyl (C=O) groups excluding carboxylic acids is 2. The average molecular weight is 273 g/mol. The Morgan fingerprint density at radius 1 is 1.32 bits per heavy atom. The lowest BCUT2D eigenvalue weighted by Gasteiger charge is -2.14. The van der Waals surface area contributed by atoms with Gasteiger partial charge in [0.2, 0.25) is 5.91 Å². The number of alkyl halides is 3. The van der Waals surface area contributed by atoms with Crippen LogP contribution in [0.4, 0.5) is 18.0 Å². The van der Waals surface area contributed by atoms with Crippen LogP contribution in [0.15, 0.2) is 24.3 Å². The largest absolute Gasteiger partial charge is 0.447 e. The van der Waals surface area contributed by atoms with Crippen LogP contribution >= 0.6 is 0 Å². The Kier molecular flexibility index (Phi) is 3.46. The number of halogens is 3. The van der Waals surface area contributed by atoms with Crippen molar-refractivity contribution in [2.24, 2.45) is 0 Å². The van der Waals surface area contributed by atoms with Gasteiger partial charge < -0.3 is 4.74 Å². The number of hydrogen-bond acceptors (Lipinski definition) is 3. The summed E-state index contributed by atoms with van der Waals surface area (Å²) in [5.41, 5.74) is -1.02. The highest BCUT2D eigenvalue weighted by atomic mass is 19.4. The Labute approximate surface area is 106 Å². The molecule has 2 rings (SSSR count). The summed E-state index contributed by atoms with van der Waals surface area (Å²) in [4.78, 5) is 23.7. The van der Waals surface area contributed by atoms with Crippen LogP contribution < -0.4 is 0 Å². The zero-order chi connectivity index (χ0) is 14.0. The fraction of sp³-hybridized carbons (Fsp3) is 0.333. The van der Waals surface area contributed by atoms with Gasteiger partial charge in [-0.15, -0.1) is 0 Å². The molecule has 1 aliphatic heterocycles. The van der Waals surface area contributed by atoms with Crippen LogP contribution in [0.5, 0.6) is 0 Å². The smallest absolute Gasteiger partial charge is 0.416 e. The highest BCUT2D eigenvalue weighted by molar-refractivity contribution is 5.94. The van der Waals surface area contributed by atoms with Crippen LogP contribution in [0.25, 0.3) is 0 Å². The van der Waals surface area contributed by atoms with Gasteiger partial charge in [-0.3, -0.25) is 4.79 Å². The Morgan fingerprint density at radius 2 is 2.00 bits per heavy atom. The van der Waals surface area contributed by atoms with Crippen LogP contribution in [0.2, 0.25) is 0 Å². The molecule has 1 aliphatic rings. The quantitative estimate of drug-likeness (QED) is 0.830. The minimum absolute atomic E-state index is 0.0749. The third-order valence-corrected chi connectivity index (χ3v) is 2.73. The summed E-state index contributed by atoms with van der Waals surface area (Å²) in [6.45, 7) is 0.150. The van der Waals surface area contributed by atoms with E-state index in [4.69, 9.17) is 0 Å². The first kappa shape index (κ1) is 13.4. The number of ether oxygens (including phenoxy) is 1. The highest BCUT2D eigenvalue weighted by Gasteiger charge is 2.35. The van der Waals surface area contributed by atoms with Gasteiger partial charge in [0.25, 0.3) is 0 Å². The summed E-state index contributed by atoms with van der Waals surface area (Å²) in [6, 6.07) is 4.80. The minimum Gasteiger partial charge on any atom is -0.447 e. The van der Waals surface area contributed by atoms with E-state index in [1.807, 2.05) is 0 Å². The molecule has 0 radical (unpaired) electrons. The van der Waals surface area contributed by atoms with Gasteiger partial charge in [0.05, 0.1) is 18.5 Å². The molecule has 0 bridgehead atoms. The van der Waals surface area contributed by atoms with Crippen LogP contribution in [-0.4, -0.2) is 30.1 Å². The van der Waals surface area contributed by atoms with Crippen molar-refractivity contribution < 1.29 is 27.5 Å². The van der Waals surface area contributed by atoms with Crippen molar-refractivity contribution in [3.8, 4) is 0 Å². The molecule has 4 nitrogen and oxygen atoms in total. The van der Waals surface area contributed by atoms with Gasteiger partial charge in [0.1, 0.15) is 6.61 Å². The molecule has 1 heterocycles. The first-order chi connectivity index (χ1) is 8.89. The van der Waals surface area contributed by atoms with E-state index in [2.05, 4.69) is 4.74 Å². The van der Waals surface area contributed by atoms with Crippen molar-refractivity contribution >= 4 is 12.0 Å². The summed E-state index contributed by atoms with van der Waals surface area (Å²) in [6.07, 6.45) is -5.82. The number of nitrogens with zero attached hydrogens (tertiary/aromatic N) is 1. The Morgan fingerprint density at radius 3 is 2.58 bits per heavy atom. The predicted molar refractivity (Wildman–Crippen MR) is 58.2 cm³/mol. The standard InChI is InChI=1S/C12H10F3NO3/c13-12(14,15)9-4-2-1-3-8(9)7-10(17)16-5-6-19-11(16)18/h1-4H,5-7H2. The van der Waals surface area contributed by atoms with Crippen molar-refractivity contribution in [1.29, 1.82) is 0 Å². The maximum absolute atomic E-state index is 12.7. The molecular weight excluding hydrogens is 263 g/mol. The number of amides is 2. The fourth-order valence-electron chi connectivity index (χ4n) is 1.83. The molecule has 1 aromatic rings. The molecule has 0 aromatic heterocycles. The molecule has 0 N–H and O–H groups in total. The number of cyclic esters (lactones) is 1. The molecule has 19 heavy (non-hydrogen) atoms. The Balaban J connectivity index is 2.20. The summed E-state index contributed by atoms with van der Waals surface area (Å²) >= 11 is 0. The predicted octanol–water partition coefficient (Wildman–Crippen LogP) is 2.23. The third-order valence-electron chi connectivity index (χ3n) is 2.73. The van der Waals surface area contributed by atoms with Gasteiger partial charge in [0, 0.05) is 0 Å². The molecular formula is C12H10F3NO3. The molecule has 1 fully saturated rings. The fourth-order valence-corrected chi connectivity index (χ4v) is 1.83. The van der Waals surface area contributed by atoms with Gasteiger partial charge in [0.15, 0.2) is 0 Å². The molecule has 7 heteroatoms. The van der Waals surface area contributed by atoms with Crippen molar-refractivity contribution in [2.75, 3.05) is 13.2 Å². The SMILES string of the molecule is O=C(Cc1ccccc1C(F)(F)F)N1CCOC1=O. The van der Waals surface area contributed by atoms with E-state index in [1.165, 1.54) is 18.2 Å². The van der Waals surface area contributed by atoms with E-state index in [0.717, 1.165) is 11.0 Å². The van der Waals surface area contributed by atoms with E-state index in [-0.39, 0.29) is 18.7 Å². The second-order valence-corrected chi connectivity index (χ2v) is 3.99. The van der Waals surface area contributed by atoms with E-state index in [1.54, 1.807) is 0 Å². The maximum Gasteiger partial charge on any atom is 0.416 e. The summed E-state index contributed by atoms with van der Waals surface area (Å²) in [5.74, 6) is -0.695. The van der Waals surface area contributed by atoms with Gasteiger partial charge >= 0.3 is 12.3 Å². The van der Waals surface area contributed by atoms with Gasteiger partial charge in [-0.25, -0.2) is 9.69 Å². The zero-order valence-electron chi connectivity index (χ0n) is 9.74. The Bertz CT molecular complexity index is 513. The summed E-state index contributed by atoms with van der Waals surface area (Å²) in [7, 11) is 0. The van der Waals surface area contributed by atoms with E-state index in [9.17, 15) is 22.8 Å². The first-order valence-electron chi connectivity index (χ1n) is 5.52. The lowest BCUT2D eigenvalue weighted by molar-refractivity contribution is -0.138. The summed E-state index contributed by atoms with van der Waals surface area (Å²) in [5, 5.41) is 0. The monoisotopic (exact) mass is 273 g/mol. The first-order valence-corrected chi connectivity index (χ1v) is 5.52. The lowest BCUT2D eigenvalue weighted by atomic mass is 10.0. The maximum atomic E-state index is 12.7. The second kappa shape index (κ2) is 4.91. The van der Waals surface area contributed by atoms with Crippen LogP contribution in [0, 0.1) is 0 Å². The molecule has 1 saturated heterocycles. The van der Waals surface area contributed by atoms with Crippen LogP contribution in [0.3, 0.4) is 0 Å². The molecule has 0 unspecified atom stereocenters. The van der Waals surface area contributed by atoms with Crippen LogP contribution in [0.1, 0.15) is 11.1 Å². The summed E-state index contributed by atoms with van der Waals surface area (Å²) < 4.78 is 42.8. The second-order valence-electron chi connectivity index (χ2n) is 3.99. The Hall–Kier alpha value is -2.05. The zero-order valence-corrected chi connectivity index (χ0v) is 9.74. The van der Waals surface area contributed by atoms with Crippen LogP contribution in [-0.2, 0) is 22.1 Å². The molecule has 0 saturated carbocycles. The molecule has 102 valence electrons. The van der Waals surface area contributed by atoms with Crippen molar-refractivity contribution in [3.63, 3.8) is 0 Å². The number of benzene rings is 1.